The third-order valence-electron chi connectivity index (χ3n) is 3.38. The highest BCUT2D eigenvalue weighted by Crippen LogP contribution is 2.14. The Labute approximate surface area is 123 Å². The lowest BCUT2D eigenvalue weighted by molar-refractivity contribution is -0.144. The fourth-order valence-corrected chi connectivity index (χ4v) is 2.14. The van der Waals surface area contributed by atoms with Crippen molar-refractivity contribution >= 4 is 24.1 Å². The molecule has 0 radical (unpaired) electrons. The molecule has 1 saturated heterocycles. The van der Waals surface area contributed by atoms with E-state index in [0.29, 0.717) is 6.54 Å². The van der Waals surface area contributed by atoms with Crippen molar-refractivity contribution in [2.24, 2.45) is 10.9 Å². The Morgan fingerprint density at radius 3 is 2.33 bits per heavy atom. The lowest BCUT2D eigenvalue weighted by Crippen LogP contribution is -2.57. The summed E-state index contributed by atoms with van der Waals surface area (Å²) in [6, 6.07) is 7.21. The van der Waals surface area contributed by atoms with E-state index < -0.39 is 23.8 Å². The van der Waals surface area contributed by atoms with E-state index >= 15 is 0 Å². The summed E-state index contributed by atoms with van der Waals surface area (Å²) in [7, 11) is 2.71. The first-order valence-corrected chi connectivity index (χ1v) is 6.56. The van der Waals surface area contributed by atoms with Crippen LogP contribution in [0.5, 0.6) is 0 Å². The van der Waals surface area contributed by atoms with E-state index in [1.807, 2.05) is 31.2 Å². The molecule has 1 heterocycles. The third kappa shape index (κ3) is 2.99. The van der Waals surface area contributed by atoms with Crippen LogP contribution in [0.15, 0.2) is 29.3 Å². The quantitative estimate of drug-likeness (QED) is 0.620. The van der Waals surface area contributed by atoms with Gasteiger partial charge in [0.2, 0.25) is 11.8 Å². The zero-order chi connectivity index (χ0) is 15.6. The third-order valence-corrected chi connectivity index (χ3v) is 3.38. The van der Waals surface area contributed by atoms with Gasteiger partial charge < -0.3 is 0 Å². The molecule has 6 nitrogen and oxygen atoms in total. The zero-order valence-electron chi connectivity index (χ0n) is 12.2. The van der Waals surface area contributed by atoms with E-state index in [0.717, 1.165) is 20.9 Å². The molecule has 0 saturated carbocycles. The number of rotatable bonds is 3. The number of hydrogen-bond donors (Lipinski definition) is 0. The SMILES string of the molecule is Cc1cccc(CN=CC2C(=O)N(C)C(=O)N(C)C2=O)c1. The molecule has 21 heavy (non-hydrogen) atoms. The predicted octanol–water partition coefficient (Wildman–Crippen LogP) is 1.23. The van der Waals surface area contributed by atoms with Crippen molar-refractivity contribution in [3.05, 3.63) is 35.4 Å². The average Bonchev–Trinajstić information content (AvgIpc) is 2.47. The number of aliphatic imine (C=N–C) groups is 1. The second kappa shape index (κ2) is 5.87. The van der Waals surface area contributed by atoms with Crippen molar-refractivity contribution in [3.63, 3.8) is 0 Å². The summed E-state index contributed by atoms with van der Waals surface area (Å²) in [5.41, 5.74) is 2.12. The fourth-order valence-electron chi connectivity index (χ4n) is 2.14. The van der Waals surface area contributed by atoms with Crippen LogP contribution in [0, 0.1) is 12.8 Å². The van der Waals surface area contributed by atoms with E-state index in [-0.39, 0.29) is 0 Å². The summed E-state index contributed by atoms with van der Waals surface area (Å²) in [6.07, 6.45) is 1.33. The molecule has 4 amide bonds. The first kappa shape index (κ1) is 14.9. The number of carbonyl (C=O) groups excluding carboxylic acids is 3. The van der Waals surface area contributed by atoms with Gasteiger partial charge in [-0.05, 0) is 12.5 Å². The Bertz CT molecular complexity index is 600. The molecular formula is C15H17N3O3. The molecule has 0 spiro atoms. The fraction of sp³-hybridized carbons (Fsp3) is 0.333. The van der Waals surface area contributed by atoms with Crippen LogP contribution in [0.2, 0.25) is 0 Å². The summed E-state index contributed by atoms with van der Waals surface area (Å²) in [5, 5.41) is 0. The summed E-state index contributed by atoms with van der Waals surface area (Å²) in [4.78, 5) is 41.5. The van der Waals surface area contributed by atoms with Crippen molar-refractivity contribution in [1.82, 2.24) is 9.80 Å². The van der Waals surface area contributed by atoms with E-state index in [2.05, 4.69) is 4.99 Å². The monoisotopic (exact) mass is 287 g/mol. The molecule has 0 aromatic heterocycles. The number of carbonyl (C=O) groups is 3. The van der Waals surface area contributed by atoms with E-state index in [4.69, 9.17) is 0 Å². The van der Waals surface area contributed by atoms with Crippen molar-refractivity contribution in [3.8, 4) is 0 Å². The summed E-state index contributed by atoms with van der Waals surface area (Å²) in [6.45, 7) is 2.37. The molecule has 110 valence electrons. The molecule has 1 aliphatic rings. The second-order valence-corrected chi connectivity index (χ2v) is 5.03. The molecule has 1 fully saturated rings. The van der Waals surface area contributed by atoms with Crippen molar-refractivity contribution < 1.29 is 14.4 Å². The first-order valence-electron chi connectivity index (χ1n) is 6.56. The van der Waals surface area contributed by atoms with Gasteiger partial charge in [0.1, 0.15) is 0 Å². The number of barbiturate groups is 1. The lowest BCUT2D eigenvalue weighted by Gasteiger charge is -2.31. The number of nitrogens with zero attached hydrogens (tertiary/aromatic N) is 3. The summed E-state index contributed by atoms with van der Waals surface area (Å²) >= 11 is 0. The predicted molar refractivity (Wildman–Crippen MR) is 77.8 cm³/mol. The van der Waals surface area contributed by atoms with Crippen LogP contribution in [-0.4, -0.2) is 48.0 Å². The van der Waals surface area contributed by atoms with E-state index in [1.165, 1.54) is 20.3 Å². The second-order valence-electron chi connectivity index (χ2n) is 5.03. The number of imide groups is 2. The summed E-state index contributed by atoms with van der Waals surface area (Å²) in [5.74, 6) is -2.12. The van der Waals surface area contributed by atoms with E-state index in [9.17, 15) is 14.4 Å². The normalized spacial score (nSPS) is 17.2. The van der Waals surface area contributed by atoms with Crippen molar-refractivity contribution in [2.75, 3.05) is 14.1 Å². The molecule has 1 aliphatic heterocycles. The van der Waals surface area contributed by atoms with Crippen molar-refractivity contribution in [1.29, 1.82) is 0 Å². The van der Waals surface area contributed by atoms with Crippen LogP contribution in [0.4, 0.5) is 4.79 Å². The van der Waals surface area contributed by atoms with Crippen LogP contribution in [0.25, 0.3) is 0 Å². The molecule has 1 aromatic rings. The maximum Gasteiger partial charge on any atom is 0.332 e. The van der Waals surface area contributed by atoms with Crippen LogP contribution in [0.3, 0.4) is 0 Å². The highest BCUT2D eigenvalue weighted by Gasteiger charge is 2.41. The highest BCUT2D eigenvalue weighted by molar-refractivity contribution is 6.23. The van der Waals surface area contributed by atoms with E-state index in [1.54, 1.807) is 0 Å². The maximum atomic E-state index is 12.0. The number of aryl methyl sites for hydroxylation is 1. The molecule has 0 N–H and O–H groups in total. The van der Waals surface area contributed by atoms with Crippen LogP contribution in [-0.2, 0) is 16.1 Å². The zero-order valence-corrected chi connectivity index (χ0v) is 12.2. The summed E-state index contributed by atoms with van der Waals surface area (Å²) < 4.78 is 0. The first-order chi connectivity index (χ1) is 9.91. The number of amides is 4. The van der Waals surface area contributed by atoms with Gasteiger partial charge in [0.15, 0.2) is 5.92 Å². The Morgan fingerprint density at radius 1 is 1.14 bits per heavy atom. The van der Waals surface area contributed by atoms with Gasteiger partial charge in [-0.2, -0.15) is 0 Å². The van der Waals surface area contributed by atoms with Crippen LogP contribution in [0.1, 0.15) is 11.1 Å². The molecular weight excluding hydrogens is 270 g/mol. The largest absolute Gasteiger partial charge is 0.332 e. The number of benzene rings is 1. The number of urea groups is 1. The smallest absolute Gasteiger partial charge is 0.291 e. The lowest BCUT2D eigenvalue weighted by atomic mass is 10.1. The Morgan fingerprint density at radius 2 is 1.76 bits per heavy atom. The minimum absolute atomic E-state index is 0.389. The topological polar surface area (TPSA) is 70.1 Å². The molecule has 2 rings (SSSR count). The Balaban J connectivity index is 2.10. The van der Waals surface area contributed by atoms with Gasteiger partial charge in [-0.3, -0.25) is 24.4 Å². The molecule has 1 aromatic carbocycles. The maximum absolute atomic E-state index is 12.0. The van der Waals surface area contributed by atoms with Gasteiger partial charge in [-0.1, -0.05) is 29.8 Å². The minimum atomic E-state index is -1.03. The minimum Gasteiger partial charge on any atom is -0.291 e. The molecule has 0 aliphatic carbocycles. The van der Waals surface area contributed by atoms with Crippen LogP contribution < -0.4 is 0 Å². The molecule has 0 atom stereocenters. The van der Waals surface area contributed by atoms with Gasteiger partial charge in [0.25, 0.3) is 0 Å². The average molecular weight is 287 g/mol. The standard InChI is InChI=1S/C15H17N3O3/c1-10-5-4-6-11(7-10)8-16-9-12-13(19)17(2)15(21)18(3)14(12)20/h4-7,9,12H,8H2,1-3H3. The van der Waals surface area contributed by atoms with Gasteiger partial charge in [0, 0.05) is 20.3 Å². The molecule has 0 bridgehead atoms. The Kier molecular flexibility index (Phi) is 4.16. The van der Waals surface area contributed by atoms with Gasteiger partial charge in [0.05, 0.1) is 6.54 Å². The van der Waals surface area contributed by atoms with Gasteiger partial charge in [-0.15, -0.1) is 0 Å². The van der Waals surface area contributed by atoms with Gasteiger partial charge in [-0.25, -0.2) is 4.79 Å². The van der Waals surface area contributed by atoms with Crippen LogP contribution >= 0.6 is 0 Å². The molecule has 0 unspecified atom stereocenters. The highest BCUT2D eigenvalue weighted by atomic mass is 16.2. The van der Waals surface area contributed by atoms with Crippen molar-refractivity contribution in [2.45, 2.75) is 13.5 Å². The Hall–Kier alpha value is -2.50. The molecule has 6 heteroatoms. The number of hydrogen-bond acceptors (Lipinski definition) is 4. The van der Waals surface area contributed by atoms with Gasteiger partial charge >= 0.3 is 6.03 Å².